The highest BCUT2D eigenvalue weighted by molar-refractivity contribution is 4.94. The fourth-order valence-electron chi connectivity index (χ4n) is 4.83. The maximum absolute atomic E-state index is 6.51. The van der Waals surface area contributed by atoms with Crippen LogP contribution in [0.1, 0.15) is 58.8 Å². The average molecular weight is 325 g/mol. The van der Waals surface area contributed by atoms with Crippen molar-refractivity contribution >= 4 is 0 Å². The van der Waals surface area contributed by atoms with Crippen molar-refractivity contribution in [2.45, 2.75) is 76.5 Å². The molecule has 0 unspecified atom stereocenters. The van der Waals surface area contributed by atoms with Crippen molar-refractivity contribution in [1.82, 2.24) is 9.80 Å². The molecule has 3 rings (SSSR count). The highest BCUT2D eigenvalue weighted by atomic mass is 16.5. The Labute approximate surface area is 142 Å². The smallest absolute Gasteiger partial charge is 0.0710 e. The molecule has 23 heavy (non-hydrogen) atoms. The van der Waals surface area contributed by atoms with Crippen LogP contribution in [0.2, 0.25) is 0 Å². The van der Waals surface area contributed by atoms with Crippen LogP contribution in [-0.4, -0.2) is 73.5 Å². The number of nitrogens with zero attached hydrogens (tertiary/aromatic N) is 2. The van der Waals surface area contributed by atoms with Crippen LogP contribution in [0, 0.1) is 0 Å². The first kappa shape index (κ1) is 17.7. The third-order valence-corrected chi connectivity index (χ3v) is 6.20. The van der Waals surface area contributed by atoms with Crippen molar-refractivity contribution in [3.05, 3.63) is 0 Å². The van der Waals surface area contributed by atoms with Gasteiger partial charge in [-0.15, -0.1) is 0 Å². The van der Waals surface area contributed by atoms with Crippen molar-refractivity contribution in [3.63, 3.8) is 0 Å². The molecule has 0 aromatic heterocycles. The zero-order chi connectivity index (χ0) is 16.1. The van der Waals surface area contributed by atoms with Gasteiger partial charge in [-0.2, -0.15) is 0 Å². The highest BCUT2D eigenvalue weighted by Crippen LogP contribution is 2.43. The van der Waals surface area contributed by atoms with Gasteiger partial charge in [-0.05, 0) is 39.0 Å². The van der Waals surface area contributed by atoms with Gasteiger partial charge in [0.25, 0.3) is 0 Å². The lowest BCUT2D eigenvalue weighted by Gasteiger charge is -2.42. The number of rotatable bonds is 7. The van der Waals surface area contributed by atoms with Crippen LogP contribution in [0.5, 0.6) is 0 Å². The maximum atomic E-state index is 6.51. The maximum Gasteiger partial charge on any atom is 0.0710 e. The summed E-state index contributed by atoms with van der Waals surface area (Å²) in [5.41, 5.74) is 0.286. The molecule has 1 saturated carbocycles. The normalized spacial score (nSPS) is 32.1. The van der Waals surface area contributed by atoms with Gasteiger partial charge in [-0.3, -0.25) is 9.80 Å². The summed E-state index contributed by atoms with van der Waals surface area (Å²) in [5, 5.41) is 0. The molecule has 1 spiro atoms. The number of hydrogen-bond acceptors (Lipinski definition) is 4. The minimum Gasteiger partial charge on any atom is -0.380 e. The molecule has 134 valence electrons. The van der Waals surface area contributed by atoms with Gasteiger partial charge in [0.15, 0.2) is 0 Å². The molecule has 1 aliphatic carbocycles. The molecule has 0 radical (unpaired) electrons. The van der Waals surface area contributed by atoms with Gasteiger partial charge in [0.05, 0.1) is 18.3 Å². The second-order valence-electron chi connectivity index (χ2n) is 7.72. The van der Waals surface area contributed by atoms with E-state index in [-0.39, 0.29) is 5.60 Å². The van der Waals surface area contributed by atoms with E-state index in [1.165, 1.54) is 64.6 Å². The molecule has 2 heterocycles. The third kappa shape index (κ3) is 4.47. The molecule has 0 aromatic rings. The number of hydrogen-bond donors (Lipinski definition) is 0. The standard InChI is InChI=1S/C19H36N2O2/c1-3-17-15-20(11-12-21(17)13-14-22-4-2)16-18-7-10-19(23-18)8-5-6-9-19/h17-18H,3-16H2,1-2H3/t17-,18-/m1/s1. The molecular weight excluding hydrogens is 288 g/mol. The molecule has 0 amide bonds. The van der Waals surface area contributed by atoms with Crippen molar-refractivity contribution in [3.8, 4) is 0 Å². The monoisotopic (exact) mass is 324 g/mol. The van der Waals surface area contributed by atoms with E-state index in [1.54, 1.807) is 0 Å². The van der Waals surface area contributed by atoms with Crippen LogP contribution in [0.4, 0.5) is 0 Å². The zero-order valence-corrected chi connectivity index (χ0v) is 15.3. The largest absolute Gasteiger partial charge is 0.380 e. The first-order valence-electron chi connectivity index (χ1n) is 9.96. The molecule has 0 aromatic carbocycles. The van der Waals surface area contributed by atoms with Gasteiger partial charge in [-0.25, -0.2) is 0 Å². The average Bonchev–Trinajstić information content (AvgIpc) is 3.19. The molecule has 3 aliphatic rings. The minimum absolute atomic E-state index is 0.286. The van der Waals surface area contributed by atoms with Gasteiger partial charge >= 0.3 is 0 Å². The highest BCUT2D eigenvalue weighted by Gasteiger charge is 2.42. The Morgan fingerprint density at radius 1 is 1.13 bits per heavy atom. The Hall–Kier alpha value is -0.160. The summed E-state index contributed by atoms with van der Waals surface area (Å²) < 4.78 is 12.1. The summed E-state index contributed by atoms with van der Waals surface area (Å²) in [7, 11) is 0. The van der Waals surface area contributed by atoms with Crippen molar-refractivity contribution in [2.75, 3.05) is 45.9 Å². The van der Waals surface area contributed by atoms with E-state index < -0.39 is 0 Å². The van der Waals surface area contributed by atoms with Crippen molar-refractivity contribution in [1.29, 1.82) is 0 Å². The Balaban J connectivity index is 1.43. The van der Waals surface area contributed by atoms with E-state index >= 15 is 0 Å². The van der Waals surface area contributed by atoms with E-state index in [4.69, 9.17) is 9.47 Å². The molecule has 0 bridgehead atoms. The molecule has 2 aliphatic heterocycles. The molecule has 0 N–H and O–H groups in total. The summed E-state index contributed by atoms with van der Waals surface area (Å²) >= 11 is 0. The second-order valence-corrected chi connectivity index (χ2v) is 7.72. The molecular formula is C19H36N2O2. The predicted octanol–water partition coefficient (Wildman–Crippen LogP) is 2.91. The summed E-state index contributed by atoms with van der Waals surface area (Å²) in [6.07, 6.45) is 9.69. The molecule has 3 fully saturated rings. The van der Waals surface area contributed by atoms with E-state index in [0.29, 0.717) is 12.1 Å². The van der Waals surface area contributed by atoms with Gasteiger partial charge in [-0.1, -0.05) is 19.8 Å². The fourth-order valence-corrected chi connectivity index (χ4v) is 4.83. The molecule has 4 heteroatoms. The van der Waals surface area contributed by atoms with Gasteiger partial charge < -0.3 is 9.47 Å². The Morgan fingerprint density at radius 2 is 1.96 bits per heavy atom. The van der Waals surface area contributed by atoms with Crippen LogP contribution in [0.25, 0.3) is 0 Å². The summed E-state index contributed by atoms with van der Waals surface area (Å²) in [6.45, 7) is 11.9. The van der Waals surface area contributed by atoms with Crippen LogP contribution in [0.3, 0.4) is 0 Å². The number of piperazine rings is 1. The van der Waals surface area contributed by atoms with E-state index in [1.807, 2.05) is 0 Å². The molecule has 2 saturated heterocycles. The number of ether oxygens (including phenoxy) is 2. The lowest BCUT2D eigenvalue weighted by molar-refractivity contribution is -0.0557. The minimum atomic E-state index is 0.286. The van der Waals surface area contributed by atoms with Crippen LogP contribution >= 0.6 is 0 Å². The molecule has 2 atom stereocenters. The second kappa shape index (κ2) is 8.28. The fraction of sp³-hybridized carbons (Fsp3) is 1.00. The Bertz CT molecular complexity index is 357. The topological polar surface area (TPSA) is 24.9 Å². The first-order chi connectivity index (χ1) is 11.2. The van der Waals surface area contributed by atoms with Gasteiger partial charge in [0, 0.05) is 45.4 Å². The van der Waals surface area contributed by atoms with Gasteiger partial charge in [0.2, 0.25) is 0 Å². The summed E-state index contributed by atoms with van der Waals surface area (Å²) in [5.74, 6) is 0. The van der Waals surface area contributed by atoms with E-state index in [9.17, 15) is 0 Å². The molecule has 4 nitrogen and oxygen atoms in total. The zero-order valence-electron chi connectivity index (χ0n) is 15.3. The summed E-state index contributed by atoms with van der Waals surface area (Å²) in [6, 6.07) is 0.686. The lowest BCUT2D eigenvalue weighted by atomic mass is 9.98. The van der Waals surface area contributed by atoms with Crippen molar-refractivity contribution in [2.24, 2.45) is 0 Å². The Kier molecular flexibility index (Phi) is 6.36. The van der Waals surface area contributed by atoms with E-state index in [2.05, 4.69) is 23.6 Å². The predicted molar refractivity (Wildman–Crippen MR) is 93.9 cm³/mol. The van der Waals surface area contributed by atoms with Gasteiger partial charge in [0.1, 0.15) is 0 Å². The van der Waals surface area contributed by atoms with Crippen LogP contribution in [0.15, 0.2) is 0 Å². The Morgan fingerprint density at radius 3 is 2.70 bits per heavy atom. The quantitative estimate of drug-likeness (QED) is 0.672. The van der Waals surface area contributed by atoms with Crippen LogP contribution < -0.4 is 0 Å². The van der Waals surface area contributed by atoms with E-state index in [0.717, 1.165) is 26.3 Å². The summed E-state index contributed by atoms with van der Waals surface area (Å²) in [4.78, 5) is 5.28. The van der Waals surface area contributed by atoms with Crippen molar-refractivity contribution < 1.29 is 9.47 Å². The third-order valence-electron chi connectivity index (χ3n) is 6.20. The van der Waals surface area contributed by atoms with Crippen LogP contribution in [-0.2, 0) is 9.47 Å². The lowest BCUT2D eigenvalue weighted by Crippen LogP contribution is -2.55. The SMILES string of the molecule is CCOCCN1CCN(C[C@H]2CCC3(CCCC3)O2)C[C@H]1CC. The first-order valence-corrected chi connectivity index (χ1v) is 9.96.